The van der Waals surface area contributed by atoms with Crippen molar-refractivity contribution >= 4 is 17.2 Å². The van der Waals surface area contributed by atoms with E-state index in [1.54, 1.807) is 0 Å². The smallest absolute Gasteiger partial charge is 0.136 e. The molecule has 1 fully saturated rings. The lowest BCUT2D eigenvalue weighted by atomic mass is 9.73. The van der Waals surface area contributed by atoms with Gasteiger partial charge >= 0.3 is 0 Å². The van der Waals surface area contributed by atoms with Crippen molar-refractivity contribution < 1.29 is 4.79 Å². The molecule has 3 heteroatoms. The molecule has 0 saturated heterocycles. The molecule has 0 aliphatic heterocycles. The second-order valence-corrected chi connectivity index (χ2v) is 7.77. The minimum Gasteiger partial charge on any atom is -0.378 e. The number of hydrogen-bond donors (Lipinski definition) is 0. The summed E-state index contributed by atoms with van der Waals surface area (Å²) in [7, 11) is 8.21. The highest BCUT2D eigenvalue weighted by Gasteiger charge is 2.32. The SMILES string of the molecule is CN(C)c1ccc(C(c2ccc(N(C)C)cc2)C2CCCCC2=O)cc1. The van der Waals surface area contributed by atoms with Crippen molar-refractivity contribution in [3.63, 3.8) is 0 Å². The number of anilines is 2. The van der Waals surface area contributed by atoms with E-state index in [0.717, 1.165) is 25.7 Å². The Hall–Kier alpha value is -2.29. The molecule has 1 saturated carbocycles. The maximum Gasteiger partial charge on any atom is 0.136 e. The summed E-state index contributed by atoms with van der Waals surface area (Å²) in [6.07, 6.45) is 3.92. The summed E-state index contributed by atoms with van der Waals surface area (Å²) in [4.78, 5) is 16.9. The normalized spacial score (nSPS) is 17.4. The molecule has 0 N–H and O–H groups in total. The third-order valence-corrected chi connectivity index (χ3v) is 5.54. The van der Waals surface area contributed by atoms with Crippen LogP contribution in [0.1, 0.15) is 42.7 Å². The van der Waals surface area contributed by atoms with Gasteiger partial charge in [-0.3, -0.25) is 4.79 Å². The number of carbonyl (C=O) groups excluding carboxylic acids is 1. The van der Waals surface area contributed by atoms with Crippen LogP contribution in [0, 0.1) is 5.92 Å². The first-order valence-corrected chi connectivity index (χ1v) is 9.54. The van der Waals surface area contributed by atoms with Crippen LogP contribution in [0.3, 0.4) is 0 Å². The van der Waals surface area contributed by atoms with Gasteiger partial charge in [-0.1, -0.05) is 30.7 Å². The van der Waals surface area contributed by atoms with Crippen molar-refractivity contribution in [2.75, 3.05) is 38.0 Å². The van der Waals surface area contributed by atoms with Gasteiger partial charge in [0.1, 0.15) is 5.78 Å². The van der Waals surface area contributed by atoms with E-state index in [1.165, 1.54) is 22.5 Å². The summed E-state index contributed by atoms with van der Waals surface area (Å²) in [6.45, 7) is 0. The van der Waals surface area contributed by atoms with Gasteiger partial charge in [0.05, 0.1) is 0 Å². The fourth-order valence-corrected chi connectivity index (χ4v) is 3.98. The van der Waals surface area contributed by atoms with Crippen LogP contribution in [0.5, 0.6) is 0 Å². The van der Waals surface area contributed by atoms with Gasteiger partial charge in [0.2, 0.25) is 0 Å². The summed E-state index contributed by atoms with van der Waals surface area (Å²) in [5, 5.41) is 0. The van der Waals surface area contributed by atoms with Gasteiger partial charge in [0.15, 0.2) is 0 Å². The second kappa shape index (κ2) is 7.94. The van der Waals surface area contributed by atoms with E-state index < -0.39 is 0 Å². The van der Waals surface area contributed by atoms with Crippen molar-refractivity contribution in [2.24, 2.45) is 5.92 Å². The summed E-state index contributed by atoms with van der Waals surface area (Å²) in [5.74, 6) is 0.670. The van der Waals surface area contributed by atoms with Crippen molar-refractivity contribution in [3.8, 4) is 0 Å². The molecule has 0 spiro atoms. The van der Waals surface area contributed by atoms with Gasteiger partial charge in [-0.05, 0) is 48.2 Å². The molecule has 1 aliphatic rings. The Morgan fingerprint density at radius 1 is 0.769 bits per heavy atom. The van der Waals surface area contributed by atoms with E-state index in [0.29, 0.717) is 5.78 Å². The summed E-state index contributed by atoms with van der Waals surface area (Å²) >= 11 is 0. The maximum atomic E-state index is 12.7. The van der Waals surface area contributed by atoms with Crippen LogP contribution < -0.4 is 9.80 Å². The summed E-state index contributed by atoms with van der Waals surface area (Å²) in [5.41, 5.74) is 4.86. The molecule has 3 rings (SSSR count). The van der Waals surface area contributed by atoms with E-state index in [1.807, 2.05) is 0 Å². The van der Waals surface area contributed by atoms with Crippen molar-refractivity contribution in [1.82, 2.24) is 0 Å². The molecule has 0 amide bonds. The van der Waals surface area contributed by atoms with Gasteiger partial charge in [-0.15, -0.1) is 0 Å². The molecule has 0 aromatic heterocycles. The zero-order chi connectivity index (χ0) is 18.7. The molecule has 0 bridgehead atoms. The first-order valence-electron chi connectivity index (χ1n) is 9.54. The molecule has 26 heavy (non-hydrogen) atoms. The highest BCUT2D eigenvalue weighted by atomic mass is 16.1. The fourth-order valence-electron chi connectivity index (χ4n) is 3.98. The molecule has 3 nitrogen and oxygen atoms in total. The summed E-state index contributed by atoms with van der Waals surface area (Å²) in [6, 6.07) is 17.4. The Bertz CT molecular complexity index is 680. The lowest BCUT2D eigenvalue weighted by Crippen LogP contribution is -2.26. The van der Waals surface area contributed by atoms with Crippen LogP contribution in [0.4, 0.5) is 11.4 Å². The van der Waals surface area contributed by atoms with Crippen LogP contribution in [0.2, 0.25) is 0 Å². The van der Waals surface area contributed by atoms with E-state index in [-0.39, 0.29) is 11.8 Å². The molecule has 2 aromatic carbocycles. The maximum absolute atomic E-state index is 12.7. The molecule has 0 radical (unpaired) electrons. The van der Waals surface area contributed by atoms with Crippen LogP contribution in [-0.2, 0) is 4.79 Å². The molecule has 138 valence electrons. The topological polar surface area (TPSA) is 23.6 Å². The Kier molecular flexibility index (Phi) is 5.65. The Morgan fingerprint density at radius 2 is 1.23 bits per heavy atom. The van der Waals surface area contributed by atoms with Crippen molar-refractivity contribution in [1.29, 1.82) is 0 Å². The zero-order valence-electron chi connectivity index (χ0n) is 16.4. The number of benzene rings is 2. The Balaban J connectivity index is 1.99. The highest BCUT2D eigenvalue weighted by molar-refractivity contribution is 5.83. The van der Waals surface area contributed by atoms with Crippen molar-refractivity contribution in [3.05, 3.63) is 59.7 Å². The summed E-state index contributed by atoms with van der Waals surface area (Å²) < 4.78 is 0. The van der Waals surface area contributed by atoms with Gasteiger partial charge in [-0.25, -0.2) is 0 Å². The predicted molar refractivity (Wildman–Crippen MR) is 110 cm³/mol. The number of Topliss-reactive ketones (excluding diaryl/α,β-unsaturated/α-hetero) is 1. The number of ketones is 1. The molecule has 1 aliphatic carbocycles. The fraction of sp³-hybridized carbons (Fsp3) is 0.435. The van der Waals surface area contributed by atoms with Crippen LogP contribution in [0.25, 0.3) is 0 Å². The second-order valence-electron chi connectivity index (χ2n) is 7.77. The van der Waals surface area contributed by atoms with Crippen LogP contribution >= 0.6 is 0 Å². The quantitative estimate of drug-likeness (QED) is 0.780. The molecular weight excluding hydrogens is 320 g/mol. The Labute approximate surface area is 157 Å². The Morgan fingerprint density at radius 3 is 1.62 bits per heavy atom. The number of rotatable bonds is 5. The standard InChI is InChI=1S/C23H30N2O/c1-24(2)19-13-9-17(10-14-19)23(21-7-5-6-8-22(21)26)18-11-15-20(16-12-18)25(3)4/h9-16,21,23H,5-8H2,1-4H3. The van der Waals surface area contributed by atoms with Crippen molar-refractivity contribution in [2.45, 2.75) is 31.6 Å². The third-order valence-electron chi connectivity index (χ3n) is 5.54. The van der Waals surface area contributed by atoms with E-state index in [4.69, 9.17) is 0 Å². The zero-order valence-corrected chi connectivity index (χ0v) is 16.4. The largest absolute Gasteiger partial charge is 0.378 e. The average Bonchev–Trinajstić information content (AvgIpc) is 2.64. The van der Waals surface area contributed by atoms with Gasteiger partial charge in [0, 0.05) is 57.8 Å². The minimum absolute atomic E-state index is 0.0964. The minimum atomic E-state index is 0.0964. The first-order chi connectivity index (χ1) is 12.5. The van der Waals surface area contributed by atoms with E-state index >= 15 is 0 Å². The van der Waals surface area contributed by atoms with Crippen LogP contribution in [-0.4, -0.2) is 34.0 Å². The number of hydrogen-bond acceptors (Lipinski definition) is 3. The lowest BCUT2D eigenvalue weighted by Gasteiger charge is -2.30. The average molecular weight is 351 g/mol. The van der Waals surface area contributed by atoms with Crippen LogP contribution in [0.15, 0.2) is 48.5 Å². The molecule has 1 atom stereocenters. The van der Waals surface area contributed by atoms with E-state index in [2.05, 4.69) is 86.5 Å². The third kappa shape index (κ3) is 3.92. The highest BCUT2D eigenvalue weighted by Crippen LogP contribution is 2.39. The lowest BCUT2D eigenvalue weighted by molar-refractivity contribution is -0.125. The number of carbonyl (C=O) groups is 1. The molecule has 2 aromatic rings. The van der Waals surface area contributed by atoms with Gasteiger partial charge in [0.25, 0.3) is 0 Å². The monoisotopic (exact) mass is 350 g/mol. The van der Waals surface area contributed by atoms with Gasteiger partial charge < -0.3 is 9.80 Å². The molecular formula is C23H30N2O. The molecule has 0 heterocycles. The number of nitrogens with zero attached hydrogens (tertiary/aromatic N) is 2. The van der Waals surface area contributed by atoms with Gasteiger partial charge in [-0.2, -0.15) is 0 Å². The molecule has 1 unspecified atom stereocenters. The van der Waals surface area contributed by atoms with E-state index in [9.17, 15) is 4.79 Å². The predicted octanol–water partition coefficient (Wildman–Crippen LogP) is 4.71. The first kappa shape index (κ1) is 18.5.